The number of hydrogen-bond acceptors (Lipinski definition) is 1. The van der Waals surface area contributed by atoms with Gasteiger partial charge in [0.05, 0.1) is 11.3 Å². The first-order valence-electron chi connectivity index (χ1n) is 4.71. The lowest BCUT2D eigenvalue weighted by Gasteiger charge is -2.02. The smallest absolute Gasteiger partial charge is 0.175 e. The number of halogens is 1. The summed E-state index contributed by atoms with van der Waals surface area (Å²) in [5.74, 6) is -0.236. The first-order valence-corrected chi connectivity index (χ1v) is 4.71. The van der Waals surface area contributed by atoms with Gasteiger partial charge < -0.3 is 0 Å². The lowest BCUT2D eigenvalue weighted by atomic mass is 10.0. The van der Waals surface area contributed by atoms with Crippen LogP contribution in [0.2, 0.25) is 0 Å². The van der Waals surface area contributed by atoms with E-state index in [1.54, 1.807) is 12.1 Å². The Balaban J connectivity index is 2.49. The van der Waals surface area contributed by atoms with Crippen LogP contribution in [-0.2, 0) is 0 Å². The van der Waals surface area contributed by atoms with Gasteiger partial charge in [-0.05, 0) is 24.6 Å². The number of nitrogens with zero attached hydrogens (tertiary/aromatic N) is 1. The van der Waals surface area contributed by atoms with E-state index in [0.29, 0.717) is 0 Å². The van der Waals surface area contributed by atoms with Gasteiger partial charge in [-0.25, -0.2) is 4.39 Å². The van der Waals surface area contributed by atoms with E-state index in [2.05, 4.69) is 17.1 Å². The summed E-state index contributed by atoms with van der Waals surface area (Å²) in [6, 6.07) is 12.3. The van der Waals surface area contributed by atoms with Crippen LogP contribution in [0.5, 0.6) is 0 Å². The molecule has 72 valence electrons. The molecule has 0 radical (unpaired) electrons. The molecule has 0 aliphatic carbocycles. The van der Waals surface area contributed by atoms with Crippen LogP contribution in [0.1, 0.15) is 5.69 Å². The van der Waals surface area contributed by atoms with Crippen molar-refractivity contribution < 1.29 is 4.39 Å². The molecule has 0 aliphatic rings. The minimum Gasteiger partial charge on any atom is -0.259 e. The van der Waals surface area contributed by atoms with Gasteiger partial charge in [0.1, 0.15) is 5.82 Å². The molecule has 0 atom stereocenters. The summed E-state index contributed by atoms with van der Waals surface area (Å²) >= 11 is 0. The SMILES string of the molecule is Bc1c#cc(-c2ccc(F)cc2)c(C)n1. The molecule has 1 heterocycles. The van der Waals surface area contributed by atoms with Gasteiger partial charge in [-0.1, -0.05) is 24.3 Å². The summed E-state index contributed by atoms with van der Waals surface area (Å²) in [7, 11) is 1.87. The number of aryl methyl sites for hydroxylation is 1. The predicted molar refractivity (Wildman–Crippen MR) is 60.2 cm³/mol. The van der Waals surface area contributed by atoms with Gasteiger partial charge in [0.15, 0.2) is 7.85 Å². The second kappa shape index (κ2) is 3.74. The fourth-order valence-electron chi connectivity index (χ4n) is 1.48. The molecule has 3 heteroatoms. The molecule has 2 rings (SSSR count). The second-order valence-corrected chi connectivity index (χ2v) is 3.41. The van der Waals surface area contributed by atoms with Crippen molar-refractivity contribution in [3.8, 4) is 11.1 Å². The molecular weight excluding hydrogens is 188 g/mol. The van der Waals surface area contributed by atoms with Crippen molar-refractivity contribution in [2.24, 2.45) is 0 Å². The van der Waals surface area contributed by atoms with Crippen LogP contribution in [0.15, 0.2) is 24.3 Å². The molecule has 0 N–H and O–H groups in total. The number of rotatable bonds is 1. The molecule has 0 saturated heterocycles. The van der Waals surface area contributed by atoms with Crippen molar-refractivity contribution in [3.05, 3.63) is 47.9 Å². The highest BCUT2D eigenvalue weighted by atomic mass is 19.1. The Bertz CT molecular complexity index is 479. The highest BCUT2D eigenvalue weighted by Crippen LogP contribution is 2.19. The average Bonchev–Trinajstić information content (AvgIpc) is 2.20. The number of hydrogen-bond donors (Lipinski definition) is 0. The van der Waals surface area contributed by atoms with Crippen molar-refractivity contribution in [1.82, 2.24) is 4.98 Å². The summed E-state index contributed by atoms with van der Waals surface area (Å²) in [4.78, 5) is 4.29. The molecule has 0 fully saturated rings. The Morgan fingerprint density at radius 2 is 1.87 bits per heavy atom. The zero-order chi connectivity index (χ0) is 10.8. The topological polar surface area (TPSA) is 12.9 Å². The largest absolute Gasteiger partial charge is 0.259 e. The van der Waals surface area contributed by atoms with E-state index in [0.717, 1.165) is 22.4 Å². The molecule has 1 nitrogen and oxygen atoms in total. The van der Waals surface area contributed by atoms with Gasteiger partial charge in [0, 0.05) is 5.59 Å². The lowest BCUT2D eigenvalue weighted by molar-refractivity contribution is 0.628. The third-order valence-corrected chi connectivity index (χ3v) is 2.20. The summed E-state index contributed by atoms with van der Waals surface area (Å²) in [6.07, 6.45) is 0. The molecule has 2 aromatic rings. The number of benzene rings is 1. The second-order valence-electron chi connectivity index (χ2n) is 3.41. The first kappa shape index (κ1) is 9.73. The van der Waals surface area contributed by atoms with E-state index in [9.17, 15) is 4.39 Å². The molecule has 1 aromatic carbocycles. The van der Waals surface area contributed by atoms with E-state index < -0.39 is 0 Å². The van der Waals surface area contributed by atoms with Crippen molar-refractivity contribution >= 4 is 13.4 Å². The fraction of sp³-hybridized carbons (Fsp3) is 0.0833. The van der Waals surface area contributed by atoms with Crippen LogP contribution in [0.25, 0.3) is 11.1 Å². The van der Waals surface area contributed by atoms with Gasteiger partial charge in [0.25, 0.3) is 0 Å². The minimum atomic E-state index is -0.236. The molecular formula is C12H9BFN. The van der Waals surface area contributed by atoms with Gasteiger partial charge in [0.2, 0.25) is 0 Å². The zero-order valence-electron chi connectivity index (χ0n) is 8.63. The summed E-state index contributed by atoms with van der Waals surface area (Å²) in [5.41, 5.74) is 3.49. The van der Waals surface area contributed by atoms with Crippen molar-refractivity contribution in [2.45, 2.75) is 6.92 Å². The average molecular weight is 197 g/mol. The molecule has 0 aliphatic heterocycles. The van der Waals surface area contributed by atoms with Crippen LogP contribution in [0.4, 0.5) is 4.39 Å². The molecule has 15 heavy (non-hydrogen) atoms. The molecule has 0 bridgehead atoms. The van der Waals surface area contributed by atoms with E-state index in [-0.39, 0.29) is 5.82 Å². The maximum Gasteiger partial charge on any atom is 0.175 e. The molecule has 0 saturated carbocycles. The highest BCUT2D eigenvalue weighted by Gasteiger charge is 2.02. The molecule has 0 amide bonds. The van der Waals surface area contributed by atoms with Crippen LogP contribution in [-0.4, -0.2) is 12.8 Å². The Kier molecular flexibility index (Phi) is 2.43. The maximum atomic E-state index is 12.7. The minimum absolute atomic E-state index is 0.236. The Labute approximate surface area is 89.4 Å². The zero-order valence-corrected chi connectivity index (χ0v) is 8.63. The predicted octanol–water partition coefficient (Wildman–Crippen LogP) is 1.05. The van der Waals surface area contributed by atoms with Crippen molar-refractivity contribution in [1.29, 1.82) is 0 Å². The van der Waals surface area contributed by atoms with Crippen LogP contribution in [0, 0.1) is 24.9 Å². The van der Waals surface area contributed by atoms with Crippen LogP contribution >= 0.6 is 0 Å². The van der Waals surface area contributed by atoms with E-state index in [1.807, 2.05) is 14.8 Å². The van der Waals surface area contributed by atoms with Gasteiger partial charge in [-0.2, -0.15) is 0 Å². The normalized spacial score (nSPS) is 9.73. The highest BCUT2D eigenvalue weighted by molar-refractivity contribution is 6.30. The van der Waals surface area contributed by atoms with Gasteiger partial charge >= 0.3 is 0 Å². The first-order chi connectivity index (χ1) is 7.16. The molecule has 0 spiro atoms. The molecule has 1 aromatic heterocycles. The summed E-state index contributed by atoms with van der Waals surface area (Å²) < 4.78 is 12.7. The Morgan fingerprint density at radius 1 is 1.20 bits per heavy atom. The summed E-state index contributed by atoms with van der Waals surface area (Å²) in [5, 5.41) is 0. The van der Waals surface area contributed by atoms with E-state index >= 15 is 0 Å². The third kappa shape index (κ3) is 1.99. The molecule has 0 unspecified atom stereocenters. The monoisotopic (exact) mass is 197 g/mol. The standard InChI is InChI=1S/C12H9BFN/c1-8-11(6-7-12(13)15-8)9-2-4-10(14)5-3-9/h2-5H,13H2,1H3. The fourth-order valence-corrected chi connectivity index (χ4v) is 1.48. The van der Waals surface area contributed by atoms with Crippen LogP contribution < -0.4 is 5.59 Å². The lowest BCUT2D eigenvalue weighted by Crippen LogP contribution is -2.07. The van der Waals surface area contributed by atoms with Crippen LogP contribution in [0.3, 0.4) is 0 Å². The quantitative estimate of drug-likeness (QED) is 0.622. The van der Waals surface area contributed by atoms with Gasteiger partial charge in [-0.15, -0.1) is 0 Å². The van der Waals surface area contributed by atoms with Crippen molar-refractivity contribution in [2.75, 3.05) is 0 Å². The maximum absolute atomic E-state index is 12.7. The Hall–Kier alpha value is -1.82. The number of aromatic nitrogens is 1. The van der Waals surface area contributed by atoms with Crippen molar-refractivity contribution in [3.63, 3.8) is 0 Å². The van der Waals surface area contributed by atoms with E-state index in [4.69, 9.17) is 0 Å². The summed E-state index contributed by atoms with van der Waals surface area (Å²) in [6.45, 7) is 1.91. The third-order valence-electron chi connectivity index (χ3n) is 2.20. The van der Waals surface area contributed by atoms with E-state index in [1.165, 1.54) is 12.1 Å². The van der Waals surface area contributed by atoms with Gasteiger partial charge in [-0.3, -0.25) is 4.98 Å². The Morgan fingerprint density at radius 3 is 2.47 bits per heavy atom.